The van der Waals surface area contributed by atoms with Gasteiger partial charge in [0.25, 0.3) is 5.91 Å². The van der Waals surface area contributed by atoms with Crippen molar-refractivity contribution in [1.82, 2.24) is 0 Å². The Morgan fingerprint density at radius 2 is 1.59 bits per heavy atom. The van der Waals surface area contributed by atoms with Crippen molar-refractivity contribution in [3.05, 3.63) is 92.8 Å². The van der Waals surface area contributed by atoms with E-state index in [2.05, 4.69) is 41.9 Å². The zero-order chi connectivity index (χ0) is 22.7. The van der Waals surface area contributed by atoms with E-state index < -0.39 is 0 Å². The number of thioether (sulfide) groups is 1. The monoisotopic (exact) mass is 506 g/mol. The summed E-state index contributed by atoms with van der Waals surface area (Å²) in [7, 11) is 0. The van der Waals surface area contributed by atoms with Crippen LogP contribution in [0.1, 0.15) is 30.5 Å². The summed E-state index contributed by atoms with van der Waals surface area (Å²) in [5, 5.41) is 10.4. The molecule has 1 aliphatic heterocycles. The maximum atomic E-state index is 13.4. The SMILES string of the molecule is CCc1ccc(N=C2S/C(=C\c3ccc(O)c(Br)c3)C(=O)N2c2ccc(CC)cc2)cc1. The quantitative estimate of drug-likeness (QED) is 0.375. The number of hydrogen-bond acceptors (Lipinski definition) is 4. The van der Waals surface area contributed by atoms with Gasteiger partial charge in [-0.25, -0.2) is 4.99 Å². The molecular weight excluding hydrogens is 484 g/mol. The topological polar surface area (TPSA) is 52.9 Å². The Bertz CT molecular complexity index is 1200. The Morgan fingerprint density at radius 3 is 2.19 bits per heavy atom. The molecule has 3 aromatic rings. The molecule has 3 aromatic carbocycles. The molecule has 4 nitrogen and oxygen atoms in total. The van der Waals surface area contributed by atoms with Crippen molar-refractivity contribution in [2.45, 2.75) is 26.7 Å². The summed E-state index contributed by atoms with van der Waals surface area (Å²) < 4.78 is 0.583. The lowest BCUT2D eigenvalue weighted by molar-refractivity contribution is -0.113. The number of benzene rings is 3. The van der Waals surface area contributed by atoms with Crippen molar-refractivity contribution in [1.29, 1.82) is 0 Å². The van der Waals surface area contributed by atoms with Crippen LogP contribution in [0.3, 0.4) is 0 Å². The van der Waals surface area contributed by atoms with Gasteiger partial charge >= 0.3 is 0 Å². The second-order valence-corrected chi connectivity index (χ2v) is 9.26. The minimum Gasteiger partial charge on any atom is -0.507 e. The zero-order valence-corrected chi connectivity index (χ0v) is 20.3. The van der Waals surface area contributed by atoms with Crippen LogP contribution in [0.15, 0.2) is 81.1 Å². The number of halogens is 1. The van der Waals surface area contributed by atoms with E-state index in [9.17, 15) is 9.90 Å². The largest absolute Gasteiger partial charge is 0.507 e. The van der Waals surface area contributed by atoms with Crippen molar-refractivity contribution in [3.63, 3.8) is 0 Å². The van der Waals surface area contributed by atoms with Crippen LogP contribution in [0.4, 0.5) is 11.4 Å². The Hall–Kier alpha value is -2.83. The van der Waals surface area contributed by atoms with E-state index in [1.165, 1.54) is 22.9 Å². The molecule has 1 amide bonds. The number of carbonyl (C=O) groups excluding carboxylic acids is 1. The van der Waals surface area contributed by atoms with Gasteiger partial charge < -0.3 is 5.11 Å². The summed E-state index contributed by atoms with van der Waals surface area (Å²) >= 11 is 4.69. The van der Waals surface area contributed by atoms with Gasteiger partial charge in [0.15, 0.2) is 5.17 Å². The minimum absolute atomic E-state index is 0.118. The predicted octanol–water partition coefficient (Wildman–Crippen LogP) is 7.09. The molecule has 4 rings (SSSR count). The average Bonchev–Trinajstić information content (AvgIpc) is 3.11. The molecule has 0 bridgehead atoms. The second-order valence-electron chi connectivity index (χ2n) is 7.40. The zero-order valence-electron chi connectivity index (χ0n) is 17.9. The fourth-order valence-electron chi connectivity index (χ4n) is 3.34. The molecule has 32 heavy (non-hydrogen) atoms. The number of nitrogens with zero attached hydrogens (tertiary/aromatic N) is 2. The summed E-state index contributed by atoms with van der Waals surface area (Å²) in [6.45, 7) is 4.22. The number of carbonyl (C=O) groups is 1. The molecule has 162 valence electrons. The molecule has 0 aliphatic carbocycles. The number of phenols is 1. The van der Waals surface area contributed by atoms with E-state index in [4.69, 9.17) is 4.99 Å². The molecule has 6 heteroatoms. The van der Waals surface area contributed by atoms with Gasteiger partial charge in [0.2, 0.25) is 0 Å². The molecular formula is C26H23BrN2O2S. The summed E-state index contributed by atoms with van der Waals surface area (Å²) in [4.78, 5) is 20.5. The third-order valence-electron chi connectivity index (χ3n) is 5.25. The highest BCUT2D eigenvalue weighted by molar-refractivity contribution is 9.10. The summed E-state index contributed by atoms with van der Waals surface area (Å²) in [5.74, 6) is 0.0420. The number of hydrogen-bond donors (Lipinski definition) is 1. The Kier molecular flexibility index (Phi) is 6.82. The fourth-order valence-corrected chi connectivity index (χ4v) is 4.74. The highest BCUT2D eigenvalue weighted by atomic mass is 79.9. The molecule has 0 spiro atoms. The highest BCUT2D eigenvalue weighted by Crippen LogP contribution is 2.38. The molecule has 1 heterocycles. The maximum Gasteiger partial charge on any atom is 0.271 e. The van der Waals surface area contributed by atoms with Gasteiger partial charge in [-0.2, -0.15) is 0 Å². The van der Waals surface area contributed by atoms with Crippen LogP contribution >= 0.6 is 27.7 Å². The molecule has 0 radical (unpaired) electrons. The van der Waals surface area contributed by atoms with Crippen molar-refractivity contribution < 1.29 is 9.90 Å². The molecule has 1 N–H and O–H groups in total. The van der Waals surface area contributed by atoms with Crippen molar-refractivity contribution in [3.8, 4) is 5.75 Å². The normalized spacial score (nSPS) is 16.3. The van der Waals surface area contributed by atoms with E-state index in [0.717, 1.165) is 29.8 Å². The van der Waals surface area contributed by atoms with Crippen molar-refractivity contribution >= 4 is 56.2 Å². The highest BCUT2D eigenvalue weighted by Gasteiger charge is 2.34. The average molecular weight is 507 g/mol. The van der Waals surface area contributed by atoms with Gasteiger partial charge in [0.05, 0.1) is 20.8 Å². The van der Waals surface area contributed by atoms with Crippen LogP contribution in [-0.2, 0) is 17.6 Å². The van der Waals surface area contributed by atoms with Crippen LogP contribution < -0.4 is 4.90 Å². The number of aliphatic imine (C=N–C) groups is 1. The van der Waals surface area contributed by atoms with Crippen LogP contribution in [0.5, 0.6) is 5.75 Å². The van der Waals surface area contributed by atoms with Gasteiger partial charge in [-0.05, 0) is 99.7 Å². The first-order chi connectivity index (χ1) is 15.5. The summed E-state index contributed by atoms with van der Waals surface area (Å²) in [6, 6.07) is 21.3. The standard InChI is InChI=1S/C26H23BrN2O2S/c1-3-17-5-10-20(11-6-17)28-26-29(21-12-7-18(4-2)8-13-21)25(31)24(32-26)16-19-9-14-23(30)22(27)15-19/h5-16,30H,3-4H2,1-2H3/b24-16-,28-26?. The van der Waals surface area contributed by atoms with Crippen LogP contribution in [0, 0.1) is 0 Å². The second kappa shape index (κ2) is 9.76. The number of amidine groups is 1. The lowest BCUT2D eigenvalue weighted by Crippen LogP contribution is -2.28. The molecule has 1 aliphatic rings. The molecule has 1 saturated heterocycles. The van der Waals surface area contributed by atoms with Crippen LogP contribution in [0.2, 0.25) is 0 Å². The van der Waals surface area contributed by atoms with Crippen molar-refractivity contribution in [2.75, 3.05) is 4.90 Å². The number of phenolic OH excluding ortho intramolecular Hbond substituents is 1. The maximum absolute atomic E-state index is 13.4. The summed E-state index contributed by atoms with van der Waals surface area (Å²) in [6.07, 6.45) is 3.73. The van der Waals surface area contributed by atoms with Crippen LogP contribution in [0.25, 0.3) is 6.08 Å². The van der Waals surface area contributed by atoms with Crippen molar-refractivity contribution in [2.24, 2.45) is 4.99 Å². The van der Waals surface area contributed by atoms with E-state index >= 15 is 0 Å². The van der Waals surface area contributed by atoms with E-state index in [1.54, 1.807) is 23.1 Å². The number of anilines is 1. The van der Waals surface area contributed by atoms with E-state index in [-0.39, 0.29) is 11.7 Å². The Morgan fingerprint density at radius 1 is 0.969 bits per heavy atom. The van der Waals surface area contributed by atoms with Gasteiger partial charge in [-0.1, -0.05) is 44.2 Å². The molecule has 0 atom stereocenters. The fraction of sp³-hybridized carbons (Fsp3) is 0.154. The Balaban J connectivity index is 1.75. The third-order valence-corrected chi connectivity index (χ3v) is 6.85. The van der Waals surface area contributed by atoms with E-state index in [1.807, 2.05) is 42.5 Å². The first kappa shape index (κ1) is 22.4. The van der Waals surface area contributed by atoms with Gasteiger partial charge in [-0.15, -0.1) is 0 Å². The molecule has 0 saturated carbocycles. The van der Waals surface area contributed by atoms with Gasteiger partial charge in [0, 0.05) is 0 Å². The smallest absolute Gasteiger partial charge is 0.271 e. The van der Waals surface area contributed by atoms with Gasteiger partial charge in [-0.3, -0.25) is 9.69 Å². The lowest BCUT2D eigenvalue weighted by Gasteiger charge is -2.16. The molecule has 1 fully saturated rings. The number of aromatic hydroxyl groups is 1. The Labute approximate surface area is 200 Å². The lowest BCUT2D eigenvalue weighted by atomic mass is 10.1. The minimum atomic E-state index is -0.118. The molecule has 0 unspecified atom stereocenters. The summed E-state index contributed by atoms with van der Waals surface area (Å²) in [5.41, 5.74) is 4.88. The van der Waals surface area contributed by atoms with Gasteiger partial charge in [0.1, 0.15) is 5.75 Å². The first-order valence-electron chi connectivity index (χ1n) is 10.5. The number of rotatable bonds is 5. The third kappa shape index (κ3) is 4.81. The number of aryl methyl sites for hydroxylation is 2. The number of amides is 1. The van der Waals surface area contributed by atoms with E-state index in [0.29, 0.717) is 14.5 Å². The molecule has 0 aromatic heterocycles. The van der Waals surface area contributed by atoms with Crippen LogP contribution in [-0.4, -0.2) is 16.2 Å². The first-order valence-corrected chi connectivity index (χ1v) is 12.1. The predicted molar refractivity (Wildman–Crippen MR) is 138 cm³/mol.